The molecule has 0 atom stereocenters. The predicted molar refractivity (Wildman–Crippen MR) is 76.2 cm³/mol. The molecule has 0 aromatic heterocycles. The standard InChI is InChI=1S/C12H20NO8P/c1-21-12(19)8-13(20)9(14)2-5-22(6-3-10(15)16)7-4-11(17)18/h20H,2-8H2,1H3,(H,15,16)(H,17,18). The van der Waals surface area contributed by atoms with Gasteiger partial charge in [0.25, 0.3) is 0 Å². The molecule has 0 aliphatic rings. The van der Waals surface area contributed by atoms with Crippen LogP contribution in [-0.4, -0.2) is 76.4 Å². The van der Waals surface area contributed by atoms with Gasteiger partial charge in [-0.25, -0.2) is 5.06 Å². The van der Waals surface area contributed by atoms with Gasteiger partial charge in [-0.3, -0.25) is 24.4 Å². The summed E-state index contributed by atoms with van der Waals surface area (Å²) in [5, 5.41) is 26.9. The third-order valence-electron chi connectivity index (χ3n) is 2.72. The number of carboxylic acids is 2. The number of carboxylic acid groups (broad SMARTS) is 2. The summed E-state index contributed by atoms with van der Waals surface area (Å²) in [5.41, 5.74) is 0. The number of hydrogen-bond acceptors (Lipinski definition) is 6. The number of carbonyl (C=O) groups is 4. The van der Waals surface area contributed by atoms with Gasteiger partial charge in [0.15, 0.2) is 0 Å². The summed E-state index contributed by atoms with van der Waals surface area (Å²) >= 11 is 0. The van der Waals surface area contributed by atoms with Crippen LogP contribution in [0, 0.1) is 0 Å². The van der Waals surface area contributed by atoms with Crippen molar-refractivity contribution >= 4 is 31.7 Å². The van der Waals surface area contributed by atoms with Gasteiger partial charge in [0.2, 0.25) is 5.91 Å². The average molecular weight is 337 g/mol. The highest BCUT2D eigenvalue weighted by atomic mass is 31.1. The largest absolute Gasteiger partial charge is 0.481 e. The van der Waals surface area contributed by atoms with E-state index in [2.05, 4.69) is 4.74 Å². The van der Waals surface area contributed by atoms with Gasteiger partial charge in [-0.2, -0.15) is 0 Å². The number of carbonyl (C=O) groups excluding carboxylic acids is 2. The van der Waals surface area contributed by atoms with E-state index in [1.54, 1.807) is 0 Å². The van der Waals surface area contributed by atoms with Crippen LogP contribution in [0.25, 0.3) is 0 Å². The van der Waals surface area contributed by atoms with E-state index in [4.69, 9.17) is 10.2 Å². The van der Waals surface area contributed by atoms with Crippen molar-refractivity contribution in [3.63, 3.8) is 0 Å². The smallest absolute Gasteiger partial charge is 0.328 e. The lowest BCUT2D eigenvalue weighted by Crippen LogP contribution is -2.33. The van der Waals surface area contributed by atoms with Gasteiger partial charge in [-0.05, 0) is 18.5 Å². The Morgan fingerprint density at radius 2 is 1.41 bits per heavy atom. The van der Waals surface area contributed by atoms with E-state index in [0.29, 0.717) is 18.5 Å². The van der Waals surface area contributed by atoms with Crippen molar-refractivity contribution < 1.29 is 39.3 Å². The highest BCUT2D eigenvalue weighted by Gasteiger charge is 2.18. The molecule has 0 aliphatic heterocycles. The topological polar surface area (TPSA) is 141 Å². The quantitative estimate of drug-likeness (QED) is 0.210. The van der Waals surface area contributed by atoms with Crippen LogP contribution in [0.2, 0.25) is 0 Å². The molecule has 0 aromatic carbocycles. The highest BCUT2D eigenvalue weighted by Crippen LogP contribution is 2.37. The van der Waals surface area contributed by atoms with Crippen LogP contribution >= 0.6 is 7.92 Å². The summed E-state index contributed by atoms with van der Waals surface area (Å²) < 4.78 is 4.31. The molecular weight excluding hydrogens is 317 g/mol. The van der Waals surface area contributed by atoms with Crippen LogP contribution < -0.4 is 0 Å². The number of nitrogens with zero attached hydrogens (tertiary/aromatic N) is 1. The second kappa shape index (κ2) is 10.9. The molecule has 0 bridgehead atoms. The molecule has 0 saturated carbocycles. The lowest BCUT2D eigenvalue weighted by atomic mass is 10.4. The molecule has 0 aliphatic carbocycles. The molecule has 0 spiro atoms. The molecule has 0 unspecified atom stereocenters. The zero-order valence-corrected chi connectivity index (χ0v) is 13.1. The summed E-state index contributed by atoms with van der Waals surface area (Å²) in [4.78, 5) is 43.7. The minimum atomic E-state index is -0.983. The molecule has 0 rings (SSSR count). The van der Waals surface area contributed by atoms with E-state index in [0.717, 1.165) is 7.11 Å². The molecule has 0 fully saturated rings. The van der Waals surface area contributed by atoms with Crippen LogP contribution in [0.1, 0.15) is 19.3 Å². The molecule has 0 saturated heterocycles. The first-order chi connectivity index (χ1) is 10.3. The second-order valence-corrected chi connectivity index (χ2v) is 7.09. The number of hydrogen-bond donors (Lipinski definition) is 3. The number of esters is 1. The summed E-state index contributed by atoms with van der Waals surface area (Å²) in [6, 6.07) is 0. The van der Waals surface area contributed by atoms with Gasteiger partial charge in [0, 0.05) is 19.3 Å². The van der Waals surface area contributed by atoms with Crippen molar-refractivity contribution in [2.24, 2.45) is 0 Å². The number of aliphatic carboxylic acids is 2. The van der Waals surface area contributed by atoms with E-state index in [1.165, 1.54) is 0 Å². The summed E-state index contributed by atoms with van der Waals surface area (Å²) in [7, 11) is 0.179. The van der Waals surface area contributed by atoms with Crippen molar-refractivity contribution in [1.29, 1.82) is 0 Å². The van der Waals surface area contributed by atoms with E-state index in [-0.39, 0.29) is 24.3 Å². The van der Waals surface area contributed by atoms with Crippen molar-refractivity contribution in [3.05, 3.63) is 0 Å². The first-order valence-electron chi connectivity index (χ1n) is 6.48. The Balaban J connectivity index is 4.33. The van der Waals surface area contributed by atoms with Crippen LogP contribution in [0.4, 0.5) is 0 Å². The van der Waals surface area contributed by atoms with Crippen molar-refractivity contribution in [1.82, 2.24) is 5.06 Å². The predicted octanol–water partition coefficient (Wildman–Crippen LogP) is 0.199. The number of ether oxygens (including phenoxy) is 1. The third kappa shape index (κ3) is 10.1. The fourth-order valence-corrected chi connectivity index (χ4v) is 3.69. The molecule has 126 valence electrons. The number of hydroxylamine groups is 2. The summed E-state index contributed by atoms with van der Waals surface area (Å²) in [5.74, 6) is -3.43. The van der Waals surface area contributed by atoms with Gasteiger partial charge < -0.3 is 14.9 Å². The van der Waals surface area contributed by atoms with E-state index in [9.17, 15) is 24.4 Å². The molecule has 10 heteroatoms. The Morgan fingerprint density at radius 1 is 0.955 bits per heavy atom. The maximum atomic E-state index is 11.6. The van der Waals surface area contributed by atoms with E-state index < -0.39 is 38.3 Å². The second-order valence-electron chi connectivity index (χ2n) is 4.41. The highest BCUT2D eigenvalue weighted by molar-refractivity contribution is 7.57. The minimum Gasteiger partial charge on any atom is -0.481 e. The van der Waals surface area contributed by atoms with Crippen molar-refractivity contribution in [3.8, 4) is 0 Å². The lowest BCUT2D eigenvalue weighted by Gasteiger charge is -2.18. The summed E-state index contributed by atoms with van der Waals surface area (Å²) in [6.07, 6.45) is 0.654. The number of rotatable bonds is 11. The summed E-state index contributed by atoms with van der Waals surface area (Å²) in [6.45, 7) is -0.586. The van der Waals surface area contributed by atoms with E-state index >= 15 is 0 Å². The molecule has 1 amide bonds. The van der Waals surface area contributed by atoms with Crippen LogP contribution in [0.15, 0.2) is 0 Å². The zero-order valence-electron chi connectivity index (χ0n) is 12.2. The first kappa shape index (κ1) is 20.3. The van der Waals surface area contributed by atoms with Crippen molar-refractivity contribution in [2.75, 3.05) is 32.1 Å². The van der Waals surface area contributed by atoms with Crippen LogP contribution in [0.5, 0.6) is 0 Å². The number of methoxy groups -OCH3 is 1. The molecule has 3 N–H and O–H groups in total. The molecule has 0 heterocycles. The Bertz CT molecular complexity index is 396. The Labute approximate surface area is 128 Å². The SMILES string of the molecule is COC(=O)CN(O)C(=O)CCP(CCC(=O)O)CCC(=O)O. The van der Waals surface area contributed by atoms with Crippen molar-refractivity contribution in [2.45, 2.75) is 19.3 Å². The fraction of sp³-hybridized carbons (Fsp3) is 0.667. The maximum absolute atomic E-state index is 11.6. The van der Waals surface area contributed by atoms with Gasteiger partial charge in [-0.15, -0.1) is 7.92 Å². The molecule has 9 nitrogen and oxygen atoms in total. The molecule has 0 aromatic rings. The van der Waals surface area contributed by atoms with E-state index in [1.807, 2.05) is 0 Å². The van der Waals surface area contributed by atoms with Gasteiger partial charge >= 0.3 is 17.9 Å². The molecular formula is C12H20NO8P. The lowest BCUT2D eigenvalue weighted by molar-refractivity contribution is -0.174. The minimum absolute atomic E-state index is 0.0849. The Kier molecular flexibility index (Phi) is 10.1. The van der Waals surface area contributed by atoms with Gasteiger partial charge in [-0.1, -0.05) is 0 Å². The molecule has 22 heavy (non-hydrogen) atoms. The van der Waals surface area contributed by atoms with Gasteiger partial charge in [0.05, 0.1) is 7.11 Å². The normalized spacial score (nSPS) is 10.3. The third-order valence-corrected chi connectivity index (χ3v) is 5.29. The zero-order chi connectivity index (χ0) is 17.1. The Hall–Kier alpha value is -1.73. The van der Waals surface area contributed by atoms with Crippen LogP contribution in [-0.2, 0) is 23.9 Å². The van der Waals surface area contributed by atoms with Gasteiger partial charge in [0.1, 0.15) is 6.54 Å². The maximum Gasteiger partial charge on any atom is 0.328 e. The molecule has 0 radical (unpaired) electrons. The fourth-order valence-electron chi connectivity index (χ4n) is 1.50. The first-order valence-corrected chi connectivity index (χ1v) is 8.38. The average Bonchev–Trinajstić information content (AvgIpc) is 2.45. The number of amides is 1. The Morgan fingerprint density at radius 3 is 1.82 bits per heavy atom. The monoisotopic (exact) mass is 337 g/mol. The van der Waals surface area contributed by atoms with Crippen LogP contribution in [0.3, 0.4) is 0 Å².